The first-order valence-corrected chi connectivity index (χ1v) is 16.1. The fourth-order valence-corrected chi connectivity index (χ4v) is 8.87. The Labute approximate surface area is 242 Å². The average molecular weight is 558 g/mol. The van der Waals surface area contributed by atoms with Gasteiger partial charge in [-0.25, -0.2) is 0 Å². The van der Waals surface area contributed by atoms with Gasteiger partial charge in [-0.05, 0) is 105 Å². The number of benzene rings is 2. The zero-order chi connectivity index (χ0) is 28.4. The maximum atomic E-state index is 14.4. The highest BCUT2D eigenvalue weighted by Crippen LogP contribution is 2.67. The summed E-state index contributed by atoms with van der Waals surface area (Å²) in [4.78, 5) is 34.4. The number of amides is 2. The highest BCUT2D eigenvalue weighted by Gasteiger charge is 2.61. The number of nitrogens with one attached hydrogen (secondary N) is 2. The lowest BCUT2D eigenvalue weighted by Gasteiger charge is -2.45. The lowest BCUT2D eigenvalue weighted by Crippen LogP contribution is -2.61. The summed E-state index contributed by atoms with van der Waals surface area (Å²) in [6.45, 7) is 13.0. The second kappa shape index (κ2) is 9.97. The summed E-state index contributed by atoms with van der Waals surface area (Å²) >= 11 is 1.90. The SMILES string of the molecule is Cc1cc(C)c(NC(=O)C2(N(C(=O)C[C@@H]3[C@H](c4c(C)[nH]c5ccccc45)C3(C)C)C3CC3)CCSCC2)c(C)c1. The van der Waals surface area contributed by atoms with Gasteiger partial charge >= 0.3 is 0 Å². The average Bonchev–Trinajstić information content (AvgIpc) is 3.79. The van der Waals surface area contributed by atoms with E-state index in [1.807, 2.05) is 11.8 Å². The number of hydrogen-bond donors (Lipinski definition) is 2. The quantitative estimate of drug-likeness (QED) is 0.318. The molecule has 6 heteroatoms. The molecule has 3 aromatic rings. The topological polar surface area (TPSA) is 65.2 Å². The number of aromatic nitrogens is 1. The van der Waals surface area contributed by atoms with Gasteiger partial charge in [-0.15, -0.1) is 0 Å². The Bertz CT molecular complexity index is 1450. The highest BCUT2D eigenvalue weighted by molar-refractivity contribution is 7.99. The van der Waals surface area contributed by atoms with Crippen LogP contribution in [0.2, 0.25) is 0 Å². The number of H-pyrrole nitrogens is 1. The summed E-state index contributed by atoms with van der Waals surface area (Å²) in [7, 11) is 0. The van der Waals surface area contributed by atoms with Crippen LogP contribution in [-0.2, 0) is 9.59 Å². The van der Waals surface area contributed by atoms with Crippen LogP contribution in [0.25, 0.3) is 10.9 Å². The largest absolute Gasteiger partial charge is 0.358 e. The zero-order valence-electron chi connectivity index (χ0n) is 24.8. The summed E-state index contributed by atoms with van der Waals surface area (Å²) < 4.78 is 0. The summed E-state index contributed by atoms with van der Waals surface area (Å²) in [5.74, 6) is 2.57. The Morgan fingerprint density at radius 3 is 2.33 bits per heavy atom. The molecule has 0 radical (unpaired) electrons. The first-order chi connectivity index (χ1) is 19.0. The van der Waals surface area contributed by atoms with Crippen LogP contribution in [0, 0.1) is 39.0 Å². The molecule has 3 fully saturated rings. The molecule has 2 aromatic carbocycles. The third-order valence-electron chi connectivity index (χ3n) is 10.00. The third kappa shape index (κ3) is 4.56. The van der Waals surface area contributed by atoms with E-state index in [4.69, 9.17) is 0 Å². The maximum Gasteiger partial charge on any atom is 0.250 e. The molecule has 212 valence electrons. The molecule has 0 bridgehead atoms. The van der Waals surface area contributed by atoms with Gasteiger partial charge in [0.05, 0.1) is 0 Å². The Balaban J connectivity index is 1.29. The van der Waals surface area contributed by atoms with E-state index in [0.29, 0.717) is 12.3 Å². The van der Waals surface area contributed by atoms with Crippen molar-refractivity contribution in [2.45, 2.75) is 91.1 Å². The number of thioether (sulfide) groups is 1. The van der Waals surface area contributed by atoms with Crippen LogP contribution in [0.3, 0.4) is 0 Å². The van der Waals surface area contributed by atoms with Gasteiger partial charge in [0.25, 0.3) is 0 Å². The van der Waals surface area contributed by atoms with Crippen LogP contribution in [0.4, 0.5) is 5.69 Å². The maximum absolute atomic E-state index is 14.4. The molecule has 2 saturated carbocycles. The van der Waals surface area contributed by atoms with Gasteiger partial charge in [-0.1, -0.05) is 49.7 Å². The van der Waals surface area contributed by atoms with Crippen molar-refractivity contribution in [1.82, 2.24) is 9.88 Å². The smallest absolute Gasteiger partial charge is 0.250 e. The van der Waals surface area contributed by atoms with Crippen molar-refractivity contribution >= 4 is 40.2 Å². The van der Waals surface area contributed by atoms with Gasteiger partial charge in [0.1, 0.15) is 5.54 Å². The molecule has 6 rings (SSSR count). The first-order valence-electron chi connectivity index (χ1n) is 14.9. The standard InChI is InChI=1S/C34H43N3O2S/c1-20-17-21(2)31(22(3)18-20)36-32(39)34(13-15-40-16-14-34)37(24-11-12-24)28(38)19-26-30(33(26,5)6)29-23(4)35-27-10-8-7-9-25(27)29/h7-10,17-18,24,26,30,35H,11-16,19H2,1-6H3,(H,36,39)/t26-,30-/m1/s1. The van der Waals surface area contributed by atoms with E-state index in [1.54, 1.807) is 0 Å². The lowest BCUT2D eigenvalue weighted by molar-refractivity contribution is -0.147. The monoisotopic (exact) mass is 557 g/mol. The van der Waals surface area contributed by atoms with E-state index < -0.39 is 5.54 Å². The molecule has 1 aromatic heterocycles. The molecular formula is C34H43N3O2S. The number of fused-ring (bicyclic) bond motifs is 1. The van der Waals surface area contributed by atoms with Crippen LogP contribution in [0.1, 0.15) is 79.8 Å². The molecule has 0 unspecified atom stereocenters. The second-order valence-corrected chi connectivity index (χ2v) is 14.4. The molecule has 2 amide bonds. The Morgan fingerprint density at radius 2 is 1.68 bits per heavy atom. The first kappa shape index (κ1) is 27.4. The van der Waals surface area contributed by atoms with Crippen LogP contribution < -0.4 is 5.32 Å². The van der Waals surface area contributed by atoms with Crippen molar-refractivity contribution in [3.8, 4) is 0 Å². The minimum absolute atomic E-state index is 0.00202. The van der Waals surface area contributed by atoms with Crippen molar-refractivity contribution < 1.29 is 9.59 Å². The number of nitrogens with zero attached hydrogens (tertiary/aromatic N) is 1. The molecule has 2 N–H and O–H groups in total. The number of carbonyl (C=O) groups excluding carboxylic acids is 2. The molecule has 40 heavy (non-hydrogen) atoms. The van der Waals surface area contributed by atoms with Gasteiger partial charge in [0, 0.05) is 34.7 Å². The predicted octanol–water partition coefficient (Wildman–Crippen LogP) is 7.43. The van der Waals surface area contributed by atoms with Gasteiger partial charge in [0.2, 0.25) is 11.8 Å². The summed E-state index contributed by atoms with van der Waals surface area (Å²) in [5, 5.41) is 4.61. The molecule has 0 spiro atoms. The van der Waals surface area contributed by atoms with Crippen molar-refractivity contribution in [2.24, 2.45) is 11.3 Å². The van der Waals surface area contributed by atoms with Crippen molar-refractivity contribution in [1.29, 1.82) is 0 Å². The van der Waals surface area contributed by atoms with E-state index in [1.165, 1.54) is 27.7 Å². The molecular weight excluding hydrogens is 514 g/mol. The number of anilines is 1. The molecule has 1 saturated heterocycles. The molecule has 2 heterocycles. The number of aryl methyl sites for hydroxylation is 4. The Kier molecular flexibility index (Phi) is 6.84. The fourth-order valence-electron chi connectivity index (χ4n) is 7.70. The number of aromatic amines is 1. The molecule has 3 aliphatic rings. The van der Waals surface area contributed by atoms with Gasteiger partial charge in [0.15, 0.2) is 0 Å². The predicted molar refractivity (Wildman–Crippen MR) is 166 cm³/mol. The number of rotatable bonds is 7. The van der Waals surface area contributed by atoms with Crippen molar-refractivity contribution in [3.05, 3.63) is 64.3 Å². The molecule has 5 nitrogen and oxygen atoms in total. The molecule has 2 atom stereocenters. The minimum atomic E-state index is -0.779. The van der Waals surface area contributed by atoms with Crippen LogP contribution in [0.5, 0.6) is 0 Å². The van der Waals surface area contributed by atoms with E-state index >= 15 is 0 Å². The Hall–Kier alpha value is -2.73. The molecule has 2 aliphatic carbocycles. The number of carbonyl (C=O) groups is 2. The zero-order valence-corrected chi connectivity index (χ0v) is 25.6. The van der Waals surface area contributed by atoms with E-state index in [0.717, 1.165) is 54.0 Å². The van der Waals surface area contributed by atoms with E-state index in [-0.39, 0.29) is 29.2 Å². The van der Waals surface area contributed by atoms with Gasteiger partial charge < -0.3 is 15.2 Å². The summed E-state index contributed by atoms with van der Waals surface area (Å²) in [5.41, 5.74) is 7.24. The van der Waals surface area contributed by atoms with E-state index in [9.17, 15) is 9.59 Å². The normalized spacial score (nSPS) is 23.1. The highest BCUT2D eigenvalue weighted by atomic mass is 32.2. The minimum Gasteiger partial charge on any atom is -0.358 e. The van der Waals surface area contributed by atoms with Crippen LogP contribution in [0.15, 0.2) is 36.4 Å². The summed E-state index contributed by atoms with van der Waals surface area (Å²) in [6, 6.07) is 12.9. The van der Waals surface area contributed by atoms with Gasteiger partial charge in [-0.3, -0.25) is 9.59 Å². The lowest BCUT2D eigenvalue weighted by atomic mass is 9.87. The second-order valence-electron chi connectivity index (χ2n) is 13.2. The number of hydrogen-bond acceptors (Lipinski definition) is 3. The number of para-hydroxylation sites is 1. The Morgan fingerprint density at radius 1 is 1.02 bits per heavy atom. The van der Waals surface area contributed by atoms with Gasteiger partial charge in [-0.2, -0.15) is 11.8 Å². The summed E-state index contributed by atoms with van der Waals surface area (Å²) in [6.07, 6.45) is 3.92. The third-order valence-corrected chi connectivity index (χ3v) is 11.0. The van der Waals surface area contributed by atoms with Crippen LogP contribution in [-0.4, -0.2) is 44.8 Å². The van der Waals surface area contributed by atoms with Crippen LogP contribution >= 0.6 is 11.8 Å². The van der Waals surface area contributed by atoms with Crippen molar-refractivity contribution in [3.63, 3.8) is 0 Å². The van der Waals surface area contributed by atoms with Crippen molar-refractivity contribution in [2.75, 3.05) is 16.8 Å². The fraction of sp³-hybridized carbons (Fsp3) is 0.529. The molecule has 1 aliphatic heterocycles. The van der Waals surface area contributed by atoms with E-state index in [2.05, 4.69) is 93.1 Å².